The van der Waals surface area contributed by atoms with Gasteiger partial charge in [-0.3, -0.25) is 4.79 Å². The van der Waals surface area contributed by atoms with Crippen molar-refractivity contribution in [2.75, 3.05) is 11.1 Å². The fourth-order valence-corrected chi connectivity index (χ4v) is 1.75. The molecule has 0 aliphatic carbocycles. The zero-order chi connectivity index (χ0) is 15.6. The average molecular weight is 298 g/mol. The molecular formula is C14H10F4N2O. The van der Waals surface area contributed by atoms with Gasteiger partial charge in [0.1, 0.15) is 5.69 Å². The Balaban J connectivity index is 2.21. The van der Waals surface area contributed by atoms with Crippen molar-refractivity contribution in [1.82, 2.24) is 0 Å². The summed E-state index contributed by atoms with van der Waals surface area (Å²) in [5, 5.41) is 1.82. The van der Waals surface area contributed by atoms with E-state index < -0.39 is 34.9 Å². The maximum Gasteiger partial charge on any atom is 0.228 e. The molecule has 0 saturated carbocycles. The minimum absolute atomic E-state index is 0.0677. The fraction of sp³-hybridized carbons (Fsp3) is 0.0714. The molecule has 0 aliphatic rings. The van der Waals surface area contributed by atoms with Crippen LogP contribution in [-0.2, 0) is 11.2 Å². The molecule has 0 unspecified atom stereocenters. The smallest absolute Gasteiger partial charge is 0.228 e. The van der Waals surface area contributed by atoms with Crippen LogP contribution in [0, 0.1) is 23.3 Å². The second kappa shape index (κ2) is 5.82. The first-order valence-electron chi connectivity index (χ1n) is 5.85. The largest absolute Gasteiger partial charge is 0.399 e. The molecule has 0 bridgehead atoms. The van der Waals surface area contributed by atoms with E-state index >= 15 is 0 Å². The SMILES string of the molecule is Nc1cccc(CC(=O)Nc2c(F)c(F)cc(F)c2F)c1. The second-order valence-corrected chi connectivity index (χ2v) is 4.31. The van der Waals surface area contributed by atoms with Crippen LogP contribution in [0.25, 0.3) is 0 Å². The highest BCUT2D eigenvalue weighted by atomic mass is 19.2. The summed E-state index contributed by atoms with van der Waals surface area (Å²) in [5.74, 6) is -7.32. The van der Waals surface area contributed by atoms with E-state index in [0.717, 1.165) is 0 Å². The van der Waals surface area contributed by atoms with Gasteiger partial charge in [-0.2, -0.15) is 0 Å². The molecule has 0 atom stereocenters. The Morgan fingerprint density at radius 2 is 1.67 bits per heavy atom. The average Bonchev–Trinajstić information content (AvgIpc) is 2.41. The van der Waals surface area contributed by atoms with Crippen LogP contribution in [0.15, 0.2) is 30.3 Å². The zero-order valence-corrected chi connectivity index (χ0v) is 10.6. The maximum absolute atomic E-state index is 13.4. The van der Waals surface area contributed by atoms with Crippen molar-refractivity contribution in [2.45, 2.75) is 6.42 Å². The normalized spacial score (nSPS) is 10.5. The molecule has 2 aromatic rings. The van der Waals surface area contributed by atoms with Gasteiger partial charge in [0.15, 0.2) is 23.3 Å². The first kappa shape index (κ1) is 14.8. The third-order valence-electron chi connectivity index (χ3n) is 2.69. The molecule has 21 heavy (non-hydrogen) atoms. The summed E-state index contributed by atoms with van der Waals surface area (Å²) in [7, 11) is 0. The first-order valence-corrected chi connectivity index (χ1v) is 5.85. The Kier molecular flexibility index (Phi) is 4.11. The fourth-order valence-electron chi connectivity index (χ4n) is 1.75. The van der Waals surface area contributed by atoms with Gasteiger partial charge in [0.05, 0.1) is 6.42 Å². The summed E-state index contributed by atoms with van der Waals surface area (Å²) >= 11 is 0. The molecule has 2 rings (SSSR count). The number of hydrogen-bond donors (Lipinski definition) is 2. The van der Waals surface area contributed by atoms with E-state index in [-0.39, 0.29) is 12.5 Å². The molecule has 0 aromatic heterocycles. The van der Waals surface area contributed by atoms with Gasteiger partial charge in [-0.05, 0) is 17.7 Å². The molecule has 0 spiro atoms. The molecule has 0 saturated heterocycles. The highest BCUT2D eigenvalue weighted by molar-refractivity contribution is 5.92. The number of nitrogen functional groups attached to an aromatic ring is 1. The molecule has 2 aromatic carbocycles. The molecule has 0 radical (unpaired) electrons. The number of carbonyl (C=O) groups is 1. The third kappa shape index (κ3) is 3.31. The summed E-state index contributed by atoms with van der Waals surface area (Å²) in [5.41, 5.74) is 5.27. The summed E-state index contributed by atoms with van der Waals surface area (Å²) in [6.07, 6.45) is -0.248. The Labute approximate surface area is 117 Å². The van der Waals surface area contributed by atoms with Crippen LogP contribution in [0.2, 0.25) is 0 Å². The zero-order valence-electron chi connectivity index (χ0n) is 10.6. The number of nitrogens with two attached hydrogens (primary N) is 1. The van der Waals surface area contributed by atoms with Crippen LogP contribution in [0.4, 0.5) is 28.9 Å². The van der Waals surface area contributed by atoms with Crippen molar-refractivity contribution < 1.29 is 22.4 Å². The van der Waals surface area contributed by atoms with Gasteiger partial charge in [0.25, 0.3) is 0 Å². The first-order chi connectivity index (χ1) is 9.88. The number of rotatable bonds is 3. The van der Waals surface area contributed by atoms with E-state index in [9.17, 15) is 22.4 Å². The van der Waals surface area contributed by atoms with Crippen LogP contribution in [0.1, 0.15) is 5.56 Å². The quantitative estimate of drug-likeness (QED) is 0.520. The predicted octanol–water partition coefficient (Wildman–Crippen LogP) is 3.01. The molecule has 0 aliphatic heterocycles. The van der Waals surface area contributed by atoms with Gasteiger partial charge in [-0.1, -0.05) is 12.1 Å². The minimum Gasteiger partial charge on any atom is -0.399 e. The van der Waals surface area contributed by atoms with Crippen molar-refractivity contribution in [2.24, 2.45) is 0 Å². The molecule has 110 valence electrons. The van der Waals surface area contributed by atoms with E-state index in [4.69, 9.17) is 5.73 Å². The Morgan fingerprint density at radius 1 is 1.05 bits per heavy atom. The number of benzene rings is 2. The van der Waals surface area contributed by atoms with Gasteiger partial charge in [0, 0.05) is 11.8 Å². The summed E-state index contributed by atoms with van der Waals surface area (Å²) in [6.45, 7) is 0. The highest BCUT2D eigenvalue weighted by Crippen LogP contribution is 2.24. The lowest BCUT2D eigenvalue weighted by Gasteiger charge is -2.09. The Hall–Kier alpha value is -2.57. The maximum atomic E-state index is 13.4. The Morgan fingerprint density at radius 3 is 2.24 bits per heavy atom. The number of hydrogen-bond acceptors (Lipinski definition) is 2. The molecule has 1 amide bonds. The van der Waals surface area contributed by atoms with Crippen molar-refractivity contribution in [3.63, 3.8) is 0 Å². The van der Waals surface area contributed by atoms with Crippen LogP contribution in [-0.4, -0.2) is 5.91 Å². The molecule has 7 heteroatoms. The van der Waals surface area contributed by atoms with Gasteiger partial charge < -0.3 is 11.1 Å². The number of anilines is 2. The third-order valence-corrected chi connectivity index (χ3v) is 2.69. The topological polar surface area (TPSA) is 55.1 Å². The van der Waals surface area contributed by atoms with E-state index in [1.807, 2.05) is 5.32 Å². The number of amides is 1. The van der Waals surface area contributed by atoms with Crippen LogP contribution in [0.3, 0.4) is 0 Å². The van der Waals surface area contributed by atoms with Crippen LogP contribution in [0.5, 0.6) is 0 Å². The summed E-state index contributed by atoms with van der Waals surface area (Å²) in [4.78, 5) is 11.7. The highest BCUT2D eigenvalue weighted by Gasteiger charge is 2.20. The standard InChI is InChI=1S/C14H10F4N2O/c15-9-6-10(16)13(18)14(12(9)17)20-11(21)5-7-2-1-3-8(19)4-7/h1-4,6H,5,19H2,(H,20,21). The number of nitrogens with one attached hydrogen (secondary N) is 1. The van der Waals surface area contributed by atoms with Crippen LogP contribution >= 0.6 is 0 Å². The second-order valence-electron chi connectivity index (χ2n) is 4.31. The van der Waals surface area contributed by atoms with Gasteiger partial charge in [-0.25, -0.2) is 17.6 Å². The van der Waals surface area contributed by atoms with Crippen molar-refractivity contribution in [3.8, 4) is 0 Å². The van der Waals surface area contributed by atoms with Gasteiger partial charge in [-0.15, -0.1) is 0 Å². The van der Waals surface area contributed by atoms with Crippen molar-refractivity contribution >= 4 is 17.3 Å². The van der Waals surface area contributed by atoms with E-state index in [1.54, 1.807) is 18.2 Å². The van der Waals surface area contributed by atoms with Gasteiger partial charge >= 0.3 is 0 Å². The lowest BCUT2D eigenvalue weighted by Crippen LogP contribution is -2.17. The van der Waals surface area contributed by atoms with E-state index in [2.05, 4.69) is 0 Å². The van der Waals surface area contributed by atoms with Crippen molar-refractivity contribution in [1.29, 1.82) is 0 Å². The molecule has 3 N–H and O–H groups in total. The monoisotopic (exact) mass is 298 g/mol. The number of carbonyl (C=O) groups excluding carboxylic acids is 1. The Bertz CT molecular complexity index is 677. The molecular weight excluding hydrogens is 288 g/mol. The summed E-state index contributed by atoms with van der Waals surface area (Å²) < 4.78 is 52.8. The lowest BCUT2D eigenvalue weighted by atomic mass is 10.1. The molecule has 0 fully saturated rings. The van der Waals surface area contributed by atoms with E-state index in [1.165, 1.54) is 6.07 Å². The van der Waals surface area contributed by atoms with E-state index in [0.29, 0.717) is 11.3 Å². The van der Waals surface area contributed by atoms with Gasteiger partial charge in [0.2, 0.25) is 5.91 Å². The number of halogens is 4. The molecule has 0 heterocycles. The minimum atomic E-state index is -1.66. The lowest BCUT2D eigenvalue weighted by molar-refractivity contribution is -0.115. The predicted molar refractivity (Wildman–Crippen MR) is 69.5 cm³/mol. The van der Waals surface area contributed by atoms with Crippen molar-refractivity contribution in [3.05, 3.63) is 59.2 Å². The summed E-state index contributed by atoms with van der Waals surface area (Å²) in [6, 6.07) is 6.34. The van der Waals surface area contributed by atoms with Crippen LogP contribution < -0.4 is 11.1 Å². The molecule has 3 nitrogen and oxygen atoms in total.